The highest BCUT2D eigenvalue weighted by Crippen LogP contribution is 2.27. The lowest BCUT2D eigenvalue weighted by Gasteiger charge is -2.26. The fourth-order valence-corrected chi connectivity index (χ4v) is 3.37. The third-order valence-corrected chi connectivity index (χ3v) is 4.67. The molecular weight excluding hydrogens is 330 g/mol. The van der Waals surface area contributed by atoms with Crippen molar-refractivity contribution in [3.8, 4) is 5.75 Å². The molecule has 6 heteroatoms. The van der Waals surface area contributed by atoms with E-state index < -0.39 is 0 Å². The maximum absolute atomic E-state index is 13.0. The Morgan fingerprint density at radius 3 is 3.08 bits per heavy atom. The number of amides is 1. The molecule has 2 aliphatic rings. The molecule has 0 radical (unpaired) electrons. The van der Waals surface area contributed by atoms with Gasteiger partial charge in [0, 0.05) is 36.5 Å². The van der Waals surface area contributed by atoms with Crippen LogP contribution in [-0.4, -0.2) is 53.7 Å². The van der Waals surface area contributed by atoms with Crippen molar-refractivity contribution < 1.29 is 14.3 Å². The number of carbonyl (C=O) groups excluding carboxylic acids is 1. The molecule has 0 N–H and O–H groups in total. The number of nitrogens with zero attached hydrogens (tertiary/aromatic N) is 3. The molecule has 1 aromatic carbocycles. The predicted octanol–water partition coefficient (Wildman–Crippen LogP) is 1.97. The summed E-state index contributed by atoms with van der Waals surface area (Å²) in [5, 5.41) is 0. The van der Waals surface area contributed by atoms with E-state index in [0.29, 0.717) is 38.5 Å². The van der Waals surface area contributed by atoms with E-state index in [4.69, 9.17) is 9.47 Å². The molecule has 6 nitrogen and oxygen atoms in total. The second-order valence-electron chi connectivity index (χ2n) is 6.59. The van der Waals surface area contributed by atoms with Crippen LogP contribution in [0.25, 0.3) is 6.08 Å². The number of ether oxygens (including phenoxy) is 2. The Morgan fingerprint density at radius 1 is 1.27 bits per heavy atom. The average molecular weight is 351 g/mol. The highest BCUT2D eigenvalue weighted by Gasteiger charge is 2.27. The first-order valence-corrected chi connectivity index (χ1v) is 8.84. The van der Waals surface area contributed by atoms with Gasteiger partial charge in [0.2, 0.25) is 0 Å². The van der Waals surface area contributed by atoms with Gasteiger partial charge >= 0.3 is 0 Å². The quantitative estimate of drug-likeness (QED) is 0.846. The highest BCUT2D eigenvalue weighted by atomic mass is 16.5. The van der Waals surface area contributed by atoms with Crippen LogP contribution in [0.3, 0.4) is 0 Å². The van der Waals surface area contributed by atoms with Crippen LogP contribution in [0.2, 0.25) is 0 Å². The molecule has 0 unspecified atom stereocenters. The SMILES string of the molecule is O=C(C1=Cc2ccccc2OC1)N1CCOC[C@H](Cc2ccncn2)C1. The predicted molar refractivity (Wildman–Crippen MR) is 96.5 cm³/mol. The first kappa shape index (κ1) is 16.7. The summed E-state index contributed by atoms with van der Waals surface area (Å²) in [6.07, 6.45) is 6.00. The minimum absolute atomic E-state index is 0.0256. The fraction of sp³-hybridized carbons (Fsp3) is 0.350. The summed E-state index contributed by atoms with van der Waals surface area (Å²) >= 11 is 0. The molecule has 3 heterocycles. The molecule has 0 saturated carbocycles. The first-order chi connectivity index (χ1) is 12.8. The molecule has 26 heavy (non-hydrogen) atoms. The maximum Gasteiger partial charge on any atom is 0.253 e. The van der Waals surface area contributed by atoms with Gasteiger partial charge in [-0.1, -0.05) is 18.2 Å². The van der Waals surface area contributed by atoms with Crippen molar-refractivity contribution in [2.75, 3.05) is 32.9 Å². The number of fused-ring (bicyclic) bond motifs is 1. The fourth-order valence-electron chi connectivity index (χ4n) is 3.37. The lowest BCUT2D eigenvalue weighted by Crippen LogP contribution is -2.38. The van der Waals surface area contributed by atoms with Gasteiger partial charge in [0.1, 0.15) is 18.7 Å². The van der Waals surface area contributed by atoms with Crippen molar-refractivity contribution in [3.63, 3.8) is 0 Å². The Kier molecular flexibility index (Phi) is 4.93. The molecule has 1 aromatic heterocycles. The van der Waals surface area contributed by atoms with Gasteiger partial charge in [-0.25, -0.2) is 9.97 Å². The normalized spacial score (nSPS) is 19.8. The molecule has 134 valence electrons. The largest absolute Gasteiger partial charge is 0.488 e. The Balaban J connectivity index is 1.47. The molecule has 0 spiro atoms. The van der Waals surface area contributed by atoms with E-state index in [1.165, 1.54) is 0 Å². The summed E-state index contributed by atoms with van der Waals surface area (Å²) in [6, 6.07) is 9.67. The summed E-state index contributed by atoms with van der Waals surface area (Å²) in [4.78, 5) is 23.1. The Morgan fingerprint density at radius 2 is 2.19 bits per heavy atom. The lowest BCUT2D eigenvalue weighted by atomic mass is 10.0. The van der Waals surface area contributed by atoms with Crippen molar-refractivity contribution in [1.82, 2.24) is 14.9 Å². The van der Waals surface area contributed by atoms with E-state index in [-0.39, 0.29) is 11.8 Å². The molecule has 1 saturated heterocycles. The summed E-state index contributed by atoms with van der Waals surface area (Å²) in [6.45, 7) is 2.74. The Bertz CT molecular complexity index is 807. The van der Waals surface area contributed by atoms with Gasteiger partial charge in [-0.05, 0) is 24.6 Å². The zero-order valence-electron chi connectivity index (χ0n) is 14.5. The van der Waals surface area contributed by atoms with Crippen molar-refractivity contribution in [3.05, 3.63) is 59.7 Å². The van der Waals surface area contributed by atoms with E-state index in [1.807, 2.05) is 41.3 Å². The van der Waals surface area contributed by atoms with Crippen LogP contribution in [0.15, 0.2) is 48.4 Å². The van der Waals surface area contributed by atoms with Gasteiger partial charge in [0.15, 0.2) is 0 Å². The number of para-hydroxylation sites is 1. The molecule has 1 amide bonds. The number of hydrogen-bond donors (Lipinski definition) is 0. The van der Waals surface area contributed by atoms with Crippen molar-refractivity contribution in [1.29, 1.82) is 0 Å². The van der Waals surface area contributed by atoms with Gasteiger partial charge in [-0.3, -0.25) is 4.79 Å². The zero-order valence-corrected chi connectivity index (χ0v) is 14.5. The van der Waals surface area contributed by atoms with Crippen molar-refractivity contribution in [2.45, 2.75) is 6.42 Å². The third kappa shape index (κ3) is 3.75. The zero-order chi connectivity index (χ0) is 17.8. The van der Waals surface area contributed by atoms with Crippen LogP contribution in [0.5, 0.6) is 5.75 Å². The summed E-state index contributed by atoms with van der Waals surface area (Å²) in [5.74, 6) is 1.07. The van der Waals surface area contributed by atoms with Crippen molar-refractivity contribution in [2.24, 2.45) is 5.92 Å². The number of carbonyl (C=O) groups is 1. The van der Waals surface area contributed by atoms with E-state index in [0.717, 1.165) is 23.4 Å². The van der Waals surface area contributed by atoms with E-state index in [1.54, 1.807) is 12.5 Å². The maximum atomic E-state index is 13.0. The molecule has 1 fully saturated rings. The van der Waals surface area contributed by atoms with Gasteiger partial charge < -0.3 is 14.4 Å². The standard InChI is InChI=1S/C20H21N3O3/c24-20(17-10-16-3-1-2-4-19(16)26-13-17)23-7-8-25-12-15(11-23)9-18-5-6-21-14-22-18/h1-6,10,14-15H,7-9,11-13H2/t15-/m1/s1. The summed E-state index contributed by atoms with van der Waals surface area (Å²) < 4.78 is 11.5. The topological polar surface area (TPSA) is 64.5 Å². The first-order valence-electron chi connectivity index (χ1n) is 8.84. The highest BCUT2D eigenvalue weighted by molar-refractivity contribution is 5.99. The molecule has 4 rings (SSSR count). The molecular formula is C20H21N3O3. The van der Waals surface area contributed by atoms with Crippen LogP contribution < -0.4 is 4.74 Å². The van der Waals surface area contributed by atoms with E-state index in [9.17, 15) is 4.79 Å². The van der Waals surface area contributed by atoms with Gasteiger partial charge in [0.25, 0.3) is 5.91 Å². The van der Waals surface area contributed by atoms with Gasteiger partial charge in [0.05, 0.1) is 18.8 Å². The minimum Gasteiger partial charge on any atom is -0.488 e. The van der Waals surface area contributed by atoms with Crippen molar-refractivity contribution >= 4 is 12.0 Å². The minimum atomic E-state index is 0.0256. The molecule has 1 atom stereocenters. The van der Waals surface area contributed by atoms with Crippen LogP contribution in [0.1, 0.15) is 11.3 Å². The Labute approximate surface area is 152 Å². The number of rotatable bonds is 3. The second-order valence-corrected chi connectivity index (χ2v) is 6.59. The van der Waals surface area contributed by atoms with Crippen LogP contribution in [0.4, 0.5) is 0 Å². The van der Waals surface area contributed by atoms with Crippen LogP contribution >= 0.6 is 0 Å². The lowest BCUT2D eigenvalue weighted by molar-refractivity contribution is -0.127. The molecule has 2 aromatic rings. The Hall–Kier alpha value is -2.73. The molecule has 2 aliphatic heterocycles. The second kappa shape index (κ2) is 7.66. The van der Waals surface area contributed by atoms with Gasteiger partial charge in [-0.2, -0.15) is 0 Å². The summed E-state index contributed by atoms with van der Waals surface area (Å²) in [7, 11) is 0. The summed E-state index contributed by atoms with van der Waals surface area (Å²) in [5.41, 5.74) is 2.61. The van der Waals surface area contributed by atoms with E-state index >= 15 is 0 Å². The number of hydrogen-bond acceptors (Lipinski definition) is 5. The van der Waals surface area contributed by atoms with Crippen LogP contribution in [-0.2, 0) is 16.0 Å². The number of aromatic nitrogens is 2. The smallest absolute Gasteiger partial charge is 0.253 e. The van der Waals surface area contributed by atoms with Crippen LogP contribution in [0, 0.1) is 5.92 Å². The molecule has 0 aliphatic carbocycles. The monoisotopic (exact) mass is 351 g/mol. The third-order valence-electron chi connectivity index (χ3n) is 4.67. The molecule has 0 bridgehead atoms. The number of benzene rings is 1. The average Bonchev–Trinajstić information content (AvgIpc) is 2.93. The van der Waals surface area contributed by atoms with E-state index in [2.05, 4.69) is 9.97 Å². The van der Waals surface area contributed by atoms with Gasteiger partial charge in [-0.15, -0.1) is 0 Å².